The quantitative estimate of drug-likeness (QED) is 0.211. The Morgan fingerprint density at radius 1 is 0.814 bits per heavy atom. The van der Waals surface area contributed by atoms with Crippen LogP contribution in [0.25, 0.3) is 5.69 Å². The molecule has 2 aliphatic heterocycles. The molecule has 4 aromatic rings. The Bertz CT molecular complexity index is 2010. The van der Waals surface area contributed by atoms with Crippen LogP contribution in [0.3, 0.4) is 0 Å². The number of phenolic OH excluding ortho intramolecular Hbond substituents is 1. The number of hydrogen-bond donors (Lipinski definition) is 1. The van der Waals surface area contributed by atoms with E-state index in [-0.39, 0.29) is 17.8 Å². The number of rotatable bonds is 3. The van der Waals surface area contributed by atoms with E-state index in [1.807, 2.05) is 0 Å². The van der Waals surface area contributed by atoms with Crippen molar-refractivity contribution in [3.63, 3.8) is 0 Å². The van der Waals surface area contributed by atoms with Crippen molar-refractivity contribution < 1.29 is 23.5 Å². The molecule has 0 radical (unpaired) electrons. The number of alkyl halides is 2. The summed E-state index contributed by atoms with van der Waals surface area (Å²) in [6.07, 6.45) is 1.17. The third-order valence-electron chi connectivity index (χ3n) is 8.51. The number of anilines is 1. The van der Waals surface area contributed by atoms with Crippen LogP contribution in [-0.4, -0.2) is 40.6 Å². The minimum Gasteiger partial charge on any atom is -0.505 e. The second-order valence-electron chi connectivity index (χ2n) is 10.6. The summed E-state index contributed by atoms with van der Waals surface area (Å²) in [5.41, 5.74) is -0.918. The zero-order valence-electron chi connectivity index (χ0n) is 22.0. The monoisotopic (exact) mass is 624 g/mol. The van der Waals surface area contributed by atoms with Crippen LogP contribution in [-0.2, 0) is 16.1 Å². The van der Waals surface area contributed by atoms with Gasteiger partial charge in [-0.3, -0.25) is 9.59 Å². The number of benzene rings is 3. The molecule has 4 atom stereocenters. The molecular weight excluding hydrogens is 605 g/mol. The van der Waals surface area contributed by atoms with Crippen LogP contribution in [0.5, 0.6) is 5.75 Å². The molecule has 1 N–H and O–H groups in total. The normalized spacial score (nSPS) is 26.1. The third-order valence-corrected chi connectivity index (χ3v) is 9.92. The molecule has 3 aromatic carbocycles. The number of carbonyl (C=O) groups is 2. The SMILES string of the molecule is O=C1N(c2ccc(F)cc2)C(=O)[C@@]2(Cl)[C@@H](c3cccc(F)c3O)C3=CCn4c(=O)n(-c5ccccc5)c(=O)n4[C@@H]3C[C@@]12Cl. The predicted molar refractivity (Wildman–Crippen MR) is 153 cm³/mol. The topological polar surface area (TPSA) is 107 Å². The fourth-order valence-electron chi connectivity index (χ4n) is 6.57. The molecule has 9 nitrogen and oxygen atoms in total. The maximum Gasteiger partial charge on any atom is 0.352 e. The van der Waals surface area contributed by atoms with Gasteiger partial charge in [0.25, 0.3) is 11.8 Å². The van der Waals surface area contributed by atoms with Crippen molar-refractivity contribution in [1.82, 2.24) is 13.9 Å². The minimum atomic E-state index is -2.32. The molecule has 218 valence electrons. The Morgan fingerprint density at radius 2 is 1.51 bits per heavy atom. The van der Waals surface area contributed by atoms with Gasteiger partial charge in [-0.15, -0.1) is 23.2 Å². The number of nitrogens with zero attached hydrogens (tertiary/aromatic N) is 4. The number of fused-ring (bicyclic) bond motifs is 4. The van der Waals surface area contributed by atoms with Crippen molar-refractivity contribution >= 4 is 40.7 Å². The molecular formula is C30H20Cl2F2N4O5. The number of phenols is 1. The summed E-state index contributed by atoms with van der Waals surface area (Å²) in [6.45, 7) is -0.127. The molecule has 3 heterocycles. The molecule has 1 aromatic heterocycles. The van der Waals surface area contributed by atoms with E-state index in [2.05, 4.69) is 0 Å². The largest absolute Gasteiger partial charge is 0.505 e. The molecule has 1 aliphatic carbocycles. The Hall–Kier alpha value is -4.48. The van der Waals surface area contributed by atoms with Crippen molar-refractivity contribution in [3.05, 3.63) is 123 Å². The van der Waals surface area contributed by atoms with Crippen LogP contribution in [0.1, 0.15) is 23.9 Å². The molecule has 13 heteroatoms. The van der Waals surface area contributed by atoms with E-state index in [1.165, 1.54) is 28.9 Å². The molecule has 0 spiro atoms. The van der Waals surface area contributed by atoms with Crippen molar-refractivity contribution in [2.75, 3.05) is 4.90 Å². The van der Waals surface area contributed by atoms with Crippen LogP contribution in [0.15, 0.2) is 94.0 Å². The van der Waals surface area contributed by atoms with Gasteiger partial charge in [-0.1, -0.05) is 36.4 Å². The maximum atomic E-state index is 14.8. The second-order valence-corrected chi connectivity index (χ2v) is 11.9. The van der Waals surface area contributed by atoms with Gasteiger partial charge in [0.2, 0.25) is 0 Å². The molecule has 3 aliphatic rings. The maximum absolute atomic E-state index is 14.8. The van der Waals surface area contributed by atoms with E-state index in [1.54, 1.807) is 36.4 Å². The first-order valence-corrected chi connectivity index (χ1v) is 14.0. The molecule has 2 fully saturated rings. The van der Waals surface area contributed by atoms with Crippen molar-refractivity contribution in [1.29, 1.82) is 0 Å². The third kappa shape index (κ3) is 3.49. The highest BCUT2D eigenvalue weighted by molar-refractivity contribution is 6.58. The number of aromatic nitrogens is 3. The number of imide groups is 1. The van der Waals surface area contributed by atoms with Crippen LogP contribution in [0, 0.1) is 11.6 Å². The van der Waals surface area contributed by atoms with E-state index in [0.29, 0.717) is 11.3 Å². The van der Waals surface area contributed by atoms with Gasteiger partial charge >= 0.3 is 11.4 Å². The molecule has 7 rings (SSSR count). The summed E-state index contributed by atoms with van der Waals surface area (Å²) in [6, 6.07) is 15.4. The lowest BCUT2D eigenvalue weighted by atomic mass is 9.64. The Kier molecular flexibility index (Phi) is 5.89. The van der Waals surface area contributed by atoms with Gasteiger partial charge in [0.15, 0.2) is 21.3 Å². The van der Waals surface area contributed by atoms with Gasteiger partial charge in [-0.05, 0) is 48.0 Å². The number of carbonyl (C=O) groups excluding carboxylic acids is 2. The Morgan fingerprint density at radius 3 is 2.21 bits per heavy atom. The standard InChI is InChI=1S/C30H20Cl2F2N4O5/c31-29-15-22-19(13-14-35-27(42)37(28(43)38(22)35)17-5-2-1-3-6-17)23(20-7-4-8-21(34)24(20)39)30(29,32)26(41)36(25(29)40)18-11-9-16(33)10-12-18/h1-13,22-23,39H,14-15H2/t22-,23-,29-,30+/m1/s1. The van der Waals surface area contributed by atoms with Crippen LogP contribution >= 0.6 is 23.2 Å². The molecule has 2 amide bonds. The van der Waals surface area contributed by atoms with Gasteiger partial charge in [-0.2, -0.15) is 0 Å². The molecule has 0 unspecified atom stereocenters. The number of aromatic hydroxyl groups is 1. The van der Waals surface area contributed by atoms with E-state index < -0.39 is 68.7 Å². The lowest BCUT2D eigenvalue weighted by molar-refractivity contribution is -0.122. The van der Waals surface area contributed by atoms with Crippen LogP contribution in [0.4, 0.5) is 14.5 Å². The Balaban J connectivity index is 1.49. The summed E-state index contributed by atoms with van der Waals surface area (Å²) in [5.74, 6) is -5.76. The van der Waals surface area contributed by atoms with Gasteiger partial charge in [0.05, 0.1) is 24.0 Å². The first-order chi connectivity index (χ1) is 20.5. The lowest BCUT2D eigenvalue weighted by Gasteiger charge is -2.49. The second kappa shape index (κ2) is 9.26. The molecule has 43 heavy (non-hydrogen) atoms. The molecule has 1 saturated heterocycles. The van der Waals surface area contributed by atoms with Crippen LogP contribution < -0.4 is 16.3 Å². The van der Waals surface area contributed by atoms with Crippen molar-refractivity contribution in [2.45, 2.75) is 34.7 Å². The van der Waals surface area contributed by atoms with Crippen molar-refractivity contribution in [3.8, 4) is 11.4 Å². The van der Waals surface area contributed by atoms with E-state index in [0.717, 1.165) is 32.3 Å². The Labute approximate surface area is 251 Å². The number of para-hydroxylation sites is 2. The molecule has 1 saturated carbocycles. The van der Waals surface area contributed by atoms with Crippen LogP contribution in [0.2, 0.25) is 0 Å². The number of amides is 2. The van der Waals surface area contributed by atoms with Gasteiger partial charge in [-0.25, -0.2) is 37.2 Å². The summed E-state index contributed by atoms with van der Waals surface area (Å²) >= 11 is 14.4. The number of allylic oxidation sites excluding steroid dienone is 2. The van der Waals surface area contributed by atoms with Gasteiger partial charge < -0.3 is 5.11 Å². The number of halogens is 4. The van der Waals surface area contributed by atoms with Gasteiger partial charge in [0.1, 0.15) is 5.82 Å². The summed E-state index contributed by atoms with van der Waals surface area (Å²) < 4.78 is 31.8. The van der Waals surface area contributed by atoms with Crippen molar-refractivity contribution in [2.24, 2.45) is 0 Å². The summed E-state index contributed by atoms with van der Waals surface area (Å²) in [4.78, 5) is 51.9. The smallest absolute Gasteiger partial charge is 0.352 e. The predicted octanol–water partition coefficient (Wildman–Crippen LogP) is 3.98. The van der Waals surface area contributed by atoms with E-state index in [9.17, 15) is 33.1 Å². The summed E-state index contributed by atoms with van der Waals surface area (Å²) in [5, 5.41) is 10.9. The van der Waals surface area contributed by atoms with E-state index in [4.69, 9.17) is 23.2 Å². The zero-order chi connectivity index (χ0) is 30.4. The minimum absolute atomic E-state index is 0.00526. The zero-order valence-corrected chi connectivity index (χ0v) is 23.5. The highest BCUT2D eigenvalue weighted by atomic mass is 35.5. The number of hydrogen-bond acceptors (Lipinski definition) is 5. The first-order valence-electron chi connectivity index (χ1n) is 13.2. The van der Waals surface area contributed by atoms with Gasteiger partial charge in [0, 0.05) is 17.9 Å². The fraction of sp³-hybridized carbons (Fsp3) is 0.200. The average Bonchev–Trinajstić information content (AvgIpc) is 3.34. The average molecular weight is 625 g/mol. The lowest BCUT2D eigenvalue weighted by Crippen LogP contribution is -2.59. The summed E-state index contributed by atoms with van der Waals surface area (Å²) in [7, 11) is 0. The molecule has 0 bridgehead atoms. The first kappa shape index (κ1) is 27.4. The fourth-order valence-corrected chi connectivity index (χ4v) is 7.48. The highest BCUT2D eigenvalue weighted by Crippen LogP contribution is 2.64. The highest BCUT2D eigenvalue weighted by Gasteiger charge is 2.76. The van der Waals surface area contributed by atoms with E-state index >= 15 is 0 Å².